The van der Waals surface area contributed by atoms with E-state index in [9.17, 15) is 9.90 Å². The van der Waals surface area contributed by atoms with Gasteiger partial charge in [0.2, 0.25) is 0 Å². The van der Waals surface area contributed by atoms with E-state index in [1.165, 1.54) is 0 Å². The summed E-state index contributed by atoms with van der Waals surface area (Å²) in [5.74, 6) is -0.245. The van der Waals surface area contributed by atoms with E-state index in [1.807, 2.05) is 6.92 Å². The molecule has 1 atom stereocenters. The highest BCUT2D eigenvalue weighted by Gasteiger charge is 2.14. The van der Waals surface area contributed by atoms with Crippen LogP contribution in [0.25, 0.3) is 0 Å². The summed E-state index contributed by atoms with van der Waals surface area (Å²) >= 11 is 0. The molecule has 0 saturated carbocycles. The maximum atomic E-state index is 11.8. The second kappa shape index (κ2) is 5.51. The van der Waals surface area contributed by atoms with Crippen molar-refractivity contribution >= 4 is 5.91 Å². The van der Waals surface area contributed by atoms with Crippen molar-refractivity contribution in [1.29, 1.82) is 0 Å². The molecule has 0 aliphatic heterocycles. The standard InChI is InChI=1S/C12H18N2O2/c1-3-9(7-13)14-12(16)10-6-4-5-8(2)11(10)15/h4-6,9,15H,3,7,13H2,1-2H3,(H,14,16). The van der Waals surface area contributed by atoms with E-state index < -0.39 is 0 Å². The van der Waals surface area contributed by atoms with Crippen molar-refractivity contribution in [3.8, 4) is 5.75 Å². The van der Waals surface area contributed by atoms with Crippen LogP contribution in [0.5, 0.6) is 5.75 Å². The first-order valence-corrected chi connectivity index (χ1v) is 5.39. The van der Waals surface area contributed by atoms with Crippen LogP contribution in [0.2, 0.25) is 0 Å². The number of para-hydroxylation sites is 1. The molecule has 0 heterocycles. The lowest BCUT2D eigenvalue weighted by Crippen LogP contribution is -2.39. The molecule has 1 amide bonds. The molecule has 16 heavy (non-hydrogen) atoms. The molecule has 0 bridgehead atoms. The number of aromatic hydroxyl groups is 1. The molecule has 4 N–H and O–H groups in total. The molecule has 0 fully saturated rings. The van der Waals surface area contributed by atoms with E-state index in [-0.39, 0.29) is 17.7 Å². The minimum atomic E-state index is -0.279. The van der Waals surface area contributed by atoms with Gasteiger partial charge in [-0.15, -0.1) is 0 Å². The van der Waals surface area contributed by atoms with Gasteiger partial charge in [0.05, 0.1) is 5.56 Å². The Balaban J connectivity index is 2.84. The van der Waals surface area contributed by atoms with Crippen molar-refractivity contribution < 1.29 is 9.90 Å². The summed E-state index contributed by atoms with van der Waals surface area (Å²) in [4.78, 5) is 11.8. The molecule has 4 heteroatoms. The second-order valence-corrected chi connectivity index (χ2v) is 3.79. The smallest absolute Gasteiger partial charge is 0.255 e. The van der Waals surface area contributed by atoms with Crippen LogP contribution in [-0.4, -0.2) is 23.6 Å². The third-order valence-electron chi connectivity index (χ3n) is 2.59. The van der Waals surface area contributed by atoms with Crippen LogP contribution in [0.1, 0.15) is 29.3 Å². The van der Waals surface area contributed by atoms with E-state index >= 15 is 0 Å². The van der Waals surface area contributed by atoms with Crippen LogP contribution < -0.4 is 11.1 Å². The number of phenols is 1. The van der Waals surface area contributed by atoms with Gasteiger partial charge in [0.25, 0.3) is 5.91 Å². The van der Waals surface area contributed by atoms with E-state index in [2.05, 4.69) is 5.32 Å². The number of nitrogens with one attached hydrogen (secondary N) is 1. The van der Waals surface area contributed by atoms with Gasteiger partial charge < -0.3 is 16.2 Å². The fourth-order valence-electron chi connectivity index (χ4n) is 1.43. The van der Waals surface area contributed by atoms with E-state index in [0.717, 1.165) is 6.42 Å². The van der Waals surface area contributed by atoms with Crippen LogP contribution in [0, 0.1) is 6.92 Å². The molecule has 1 rings (SSSR count). The van der Waals surface area contributed by atoms with Gasteiger partial charge in [-0.1, -0.05) is 19.1 Å². The minimum Gasteiger partial charge on any atom is -0.507 e. The molecule has 0 spiro atoms. The summed E-state index contributed by atoms with van der Waals surface area (Å²) in [6.45, 7) is 4.11. The molecule has 0 aliphatic carbocycles. The predicted octanol–water partition coefficient (Wildman–Crippen LogP) is 1.17. The van der Waals surface area contributed by atoms with Gasteiger partial charge in [0, 0.05) is 12.6 Å². The monoisotopic (exact) mass is 222 g/mol. The van der Waals surface area contributed by atoms with Gasteiger partial charge in [-0.2, -0.15) is 0 Å². The molecule has 1 unspecified atom stereocenters. The number of nitrogens with two attached hydrogens (primary N) is 1. The fourth-order valence-corrected chi connectivity index (χ4v) is 1.43. The molecule has 0 aliphatic rings. The lowest BCUT2D eigenvalue weighted by Gasteiger charge is -2.15. The van der Waals surface area contributed by atoms with Gasteiger partial charge in [-0.05, 0) is 25.0 Å². The van der Waals surface area contributed by atoms with E-state index in [0.29, 0.717) is 17.7 Å². The van der Waals surface area contributed by atoms with Gasteiger partial charge in [-0.25, -0.2) is 0 Å². The maximum Gasteiger partial charge on any atom is 0.255 e. The first kappa shape index (κ1) is 12.5. The number of carbonyl (C=O) groups is 1. The topological polar surface area (TPSA) is 75.3 Å². The fraction of sp³-hybridized carbons (Fsp3) is 0.417. The minimum absolute atomic E-state index is 0.0341. The van der Waals surface area contributed by atoms with Gasteiger partial charge in [-0.3, -0.25) is 4.79 Å². The van der Waals surface area contributed by atoms with Crippen LogP contribution in [0.3, 0.4) is 0 Å². The Hall–Kier alpha value is -1.55. The summed E-state index contributed by atoms with van der Waals surface area (Å²) < 4.78 is 0. The maximum absolute atomic E-state index is 11.8. The number of phenolic OH excluding ortho intramolecular Hbond substituents is 1. The van der Waals surface area contributed by atoms with Crippen LogP contribution in [0.4, 0.5) is 0 Å². The Kier molecular flexibility index (Phi) is 4.31. The summed E-state index contributed by atoms with van der Waals surface area (Å²) in [6, 6.07) is 5.05. The number of amides is 1. The molecule has 88 valence electrons. The zero-order chi connectivity index (χ0) is 12.1. The van der Waals surface area contributed by atoms with Crippen LogP contribution in [-0.2, 0) is 0 Å². The molecule has 1 aromatic rings. The molecule has 4 nitrogen and oxygen atoms in total. The average molecular weight is 222 g/mol. The Bertz CT molecular complexity index is 373. The number of carbonyl (C=O) groups excluding carboxylic acids is 1. The predicted molar refractivity (Wildman–Crippen MR) is 63.4 cm³/mol. The molecule has 0 aromatic heterocycles. The summed E-state index contributed by atoms with van der Waals surface area (Å²) in [5.41, 5.74) is 6.49. The molecule has 1 aromatic carbocycles. The van der Waals surface area contributed by atoms with Crippen molar-refractivity contribution in [2.75, 3.05) is 6.54 Å². The number of hydrogen-bond acceptors (Lipinski definition) is 3. The van der Waals surface area contributed by atoms with Crippen molar-refractivity contribution in [2.24, 2.45) is 5.73 Å². The largest absolute Gasteiger partial charge is 0.507 e. The molecule has 0 saturated heterocycles. The number of aryl methyl sites for hydroxylation is 1. The number of rotatable bonds is 4. The SMILES string of the molecule is CCC(CN)NC(=O)c1cccc(C)c1O. The quantitative estimate of drug-likeness (QED) is 0.715. The Morgan fingerprint density at radius 3 is 2.81 bits per heavy atom. The van der Waals surface area contributed by atoms with E-state index in [4.69, 9.17) is 5.73 Å². The highest BCUT2D eigenvalue weighted by molar-refractivity contribution is 5.97. The Labute approximate surface area is 95.5 Å². The molecular weight excluding hydrogens is 204 g/mol. The summed E-state index contributed by atoms with van der Waals surface area (Å²) in [6.07, 6.45) is 0.773. The van der Waals surface area contributed by atoms with Crippen molar-refractivity contribution in [1.82, 2.24) is 5.32 Å². The summed E-state index contributed by atoms with van der Waals surface area (Å²) in [5, 5.41) is 12.5. The number of hydrogen-bond donors (Lipinski definition) is 3. The van der Waals surface area contributed by atoms with Crippen molar-refractivity contribution in [3.05, 3.63) is 29.3 Å². The first-order chi connectivity index (χ1) is 7.60. The lowest BCUT2D eigenvalue weighted by atomic mass is 10.1. The van der Waals surface area contributed by atoms with Gasteiger partial charge in [0.15, 0.2) is 0 Å². The van der Waals surface area contributed by atoms with Crippen LogP contribution >= 0.6 is 0 Å². The lowest BCUT2D eigenvalue weighted by molar-refractivity contribution is 0.0934. The molecule has 0 radical (unpaired) electrons. The zero-order valence-electron chi connectivity index (χ0n) is 9.66. The average Bonchev–Trinajstić information content (AvgIpc) is 2.29. The Morgan fingerprint density at radius 1 is 1.56 bits per heavy atom. The Morgan fingerprint density at radius 2 is 2.25 bits per heavy atom. The third-order valence-corrected chi connectivity index (χ3v) is 2.59. The van der Waals surface area contributed by atoms with Crippen LogP contribution in [0.15, 0.2) is 18.2 Å². The third kappa shape index (κ3) is 2.73. The number of benzene rings is 1. The highest BCUT2D eigenvalue weighted by atomic mass is 16.3. The summed E-state index contributed by atoms with van der Waals surface area (Å²) in [7, 11) is 0. The molecular formula is C12H18N2O2. The highest BCUT2D eigenvalue weighted by Crippen LogP contribution is 2.21. The zero-order valence-corrected chi connectivity index (χ0v) is 9.66. The normalized spacial score (nSPS) is 12.2. The first-order valence-electron chi connectivity index (χ1n) is 5.39. The van der Waals surface area contributed by atoms with E-state index in [1.54, 1.807) is 25.1 Å². The van der Waals surface area contributed by atoms with Gasteiger partial charge in [0.1, 0.15) is 5.75 Å². The van der Waals surface area contributed by atoms with Gasteiger partial charge >= 0.3 is 0 Å². The second-order valence-electron chi connectivity index (χ2n) is 3.79. The van der Waals surface area contributed by atoms with Crippen molar-refractivity contribution in [3.63, 3.8) is 0 Å². The van der Waals surface area contributed by atoms with Crippen molar-refractivity contribution in [2.45, 2.75) is 26.3 Å².